The minimum absolute atomic E-state index is 0.0296. The van der Waals surface area contributed by atoms with Gasteiger partial charge in [0.2, 0.25) is 5.91 Å². The molecule has 1 atom stereocenters. The number of hydrogen-bond acceptors (Lipinski definition) is 5. The van der Waals surface area contributed by atoms with Gasteiger partial charge in [0.25, 0.3) is 0 Å². The van der Waals surface area contributed by atoms with E-state index in [2.05, 4.69) is 10.5 Å². The number of esters is 1. The molecule has 1 heterocycles. The van der Waals surface area contributed by atoms with Crippen molar-refractivity contribution < 1.29 is 14.3 Å². The van der Waals surface area contributed by atoms with Gasteiger partial charge in [-0.3, -0.25) is 10.2 Å². The Labute approximate surface area is 101 Å². The van der Waals surface area contributed by atoms with E-state index in [1.165, 1.54) is 0 Å². The Morgan fingerprint density at radius 2 is 2.06 bits per heavy atom. The van der Waals surface area contributed by atoms with E-state index >= 15 is 0 Å². The van der Waals surface area contributed by atoms with E-state index in [1.807, 2.05) is 13.8 Å². The third kappa shape index (κ3) is 3.18. The van der Waals surface area contributed by atoms with Crippen LogP contribution in [0.4, 0.5) is 0 Å². The van der Waals surface area contributed by atoms with Gasteiger partial charge in [-0.1, -0.05) is 0 Å². The van der Waals surface area contributed by atoms with Crippen LogP contribution in [0.3, 0.4) is 0 Å². The number of amides is 1. The molecule has 17 heavy (non-hydrogen) atoms. The number of carbonyl (C=O) groups excluding carboxylic acids is 2. The first-order valence-electron chi connectivity index (χ1n) is 5.91. The average molecular weight is 241 g/mol. The summed E-state index contributed by atoms with van der Waals surface area (Å²) in [7, 11) is 0. The van der Waals surface area contributed by atoms with Crippen molar-refractivity contribution in [2.75, 3.05) is 19.7 Å². The van der Waals surface area contributed by atoms with Gasteiger partial charge in [-0.25, -0.2) is 4.79 Å². The maximum Gasteiger partial charge on any atom is 0.354 e. The minimum Gasteiger partial charge on any atom is -0.461 e. The van der Waals surface area contributed by atoms with Crippen molar-refractivity contribution in [3.63, 3.8) is 0 Å². The van der Waals surface area contributed by atoms with Crippen LogP contribution in [0.15, 0.2) is 5.10 Å². The van der Waals surface area contributed by atoms with E-state index in [0.717, 1.165) is 0 Å². The second-order valence-electron chi connectivity index (χ2n) is 3.68. The Kier molecular flexibility index (Phi) is 4.93. The second kappa shape index (κ2) is 6.22. The van der Waals surface area contributed by atoms with Crippen LogP contribution in [0.2, 0.25) is 0 Å². The quantitative estimate of drug-likeness (QED) is 0.695. The zero-order valence-electron chi connectivity index (χ0n) is 10.5. The van der Waals surface area contributed by atoms with Gasteiger partial charge in [0, 0.05) is 19.5 Å². The number of nitrogens with one attached hydrogen (secondary N) is 1. The topological polar surface area (TPSA) is 71.0 Å². The van der Waals surface area contributed by atoms with Crippen LogP contribution in [0.25, 0.3) is 0 Å². The first-order chi connectivity index (χ1) is 8.13. The third-order valence-electron chi connectivity index (χ3n) is 2.64. The molecule has 1 amide bonds. The number of hydrogen-bond donors (Lipinski definition) is 1. The van der Waals surface area contributed by atoms with Crippen LogP contribution in [0.5, 0.6) is 0 Å². The number of carbonyl (C=O) groups is 2. The fourth-order valence-corrected chi connectivity index (χ4v) is 1.68. The molecule has 0 saturated carbocycles. The SMILES string of the molecule is CCOC(=O)C1=NNC(C(=O)N(CC)CC)C1. The highest BCUT2D eigenvalue weighted by Gasteiger charge is 2.31. The summed E-state index contributed by atoms with van der Waals surface area (Å²) in [5.41, 5.74) is 2.98. The van der Waals surface area contributed by atoms with Gasteiger partial charge in [-0.05, 0) is 20.8 Å². The van der Waals surface area contributed by atoms with E-state index in [-0.39, 0.29) is 11.6 Å². The number of ether oxygens (including phenoxy) is 1. The van der Waals surface area contributed by atoms with Crippen LogP contribution in [0.1, 0.15) is 27.2 Å². The predicted octanol–water partition coefficient (Wildman–Crippen LogP) is 0.136. The maximum atomic E-state index is 12.0. The van der Waals surface area contributed by atoms with Gasteiger partial charge in [0.05, 0.1) is 6.61 Å². The minimum atomic E-state index is -0.449. The van der Waals surface area contributed by atoms with Crippen molar-refractivity contribution in [3.05, 3.63) is 0 Å². The summed E-state index contributed by atoms with van der Waals surface area (Å²) in [6.45, 7) is 7.20. The molecule has 0 aromatic carbocycles. The maximum absolute atomic E-state index is 12.0. The molecular formula is C11H19N3O3. The van der Waals surface area contributed by atoms with Crippen molar-refractivity contribution in [2.45, 2.75) is 33.2 Å². The molecule has 0 spiro atoms. The standard InChI is InChI=1S/C11H19N3O3/c1-4-14(5-2)10(15)8-7-9(13-12-8)11(16)17-6-3/h8,12H,4-7H2,1-3H3. The van der Waals surface area contributed by atoms with Gasteiger partial charge in [0.1, 0.15) is 11.8 Å². The molecule has 1 N–H and O–H groups in total. The summed E-state index contributed by atoms with van der Waals surface area (Å²) < 4.78 is 4.83. The monoisotopic (exact) mass is 241 g/mol. The molecule has 6 heteroatoms. The zero-order valence-corrected chi connectivity index (χ0v) is 10.5. The predicted molar refractivity (Wildman–Crippen MR) is 63.5 cm³/mol. The molecule has 0 saturated heterocycles. The van der Waals surface area contributed by atoms with Crippen LogP contribution in [-0.2, 0) is 14.3 Å². The summed E-state index contributed by atoms with van der Waals surface area (Å²) in [5.74, 6) is -0.479. The van der Waals surface area contributed by atoms with Gasteiger partial charge in [-0.2, -0.15) is 5.10 Å². The third-order valence-corrected chi connectivity index (χ3v) is 2.64. The summed E-state index contributed by atoms with van der Waals surface area (Å²) in [4.78, 5) is 25.1. The molecule has 1 unspecified atom stereocenters. The fourth-order valence-electron chi connectivity index (χ4n) is 1.68. The van der Waals surface area contributed by atoms with Gasteiger partial charge >= 0.3 is 5.97 Å². The highest BCUT2D eigenvalue weighted by Crippen LogP contribution is 2.08. The van der Waals surface area contributed by atoms with Crippen molar-refractivity contribution in [3.8, 4) is 0 Å². The molecule has 1 aliphatic heterocycles. The number of nitrogens with zero attached hydrogens (tertiary/aromatic N) is 2. The van der Waals surface area contributed by atoms with E-state index in [1.54, 1.807) is 11.8 Å². The van der Waals surface area contributed by atoms with Crippen LogP contribution >= 0.6 is 0 Å². The lowest BCUT2D eigenvalue weighted by atomic mass is 10.1. The van der Waals surface area contributed by atoms with Gasteiger partial charge < -0.3 is 9.64 Å². The van der Waals surface area contributed by atoms with E-state index in [4.69, 9.17) is 4.74 Å². The van der Waals surface area contributed by atoms with E-state index < -0.39 is 12.0 Å². The van der Waals surface area contributed by atoms with Gasteiger partial charge in [-0.15, -0.1) is 0 Å². The molecule has 0 aromatic rings. The molecule has 0 fully saturated rings. The highest BCUT2D eigenvalue weighted by molar-refractivity contribution is 6.37. The largest absolute Gasteiger partial charge is 0.461 e. The first kappa shape index (κ1) is 13.5. The smallest absolute Gasteiger partial charge is 0.354 e. The lowest BCUT2D eigenvalue weighted by Crippen LogP contribution is -2.43. The summed E-state index contributed by atoms with van der Waals surface area (Å²) >= 11 is 0. The number of rotatable bonds is 5. The Hall–Kier alpha value is -1.59. The molecule has 0 bridgehead atoms. The highest BCUT2D eigenvalue weighted by atomic mass is 16.5. The Morgan fingerprint density at radius 3 is 2.59 bits per heavy atom. The molecule has 0 radical (unpaired) electrons. The average Bonchev–Trinajstić information content (AvgIpc) is 2.80. The molecule has 96 valence electrons. The normalized spacial score (nSPS) is 18.3. The molecule has 1 aliphatic rings. The van der Waals surface area contributed by atoms with Crippen LogP contribution in [-0.4, -0.2) is 48.2 Å². The van der Waals surface area contributed by atoms with Crippen molar-refractivity contribution >= 4 is 17.6 Å². The molecule has 1 rings (SSSR count). The molecule has 0 aliphatic carbocycles. The lowest BCUT2D eigenvalue weighted by molar-refractivity contribution is -0.135. The second-order valence-corrected chi connectivity index (χ2v) is 3.68. The van der Waals surface area contributed by atoms with Crippen molar-refractivity contribution in [1.82, 2.24) is 10.3 Å². The van der Waals surface area contributed by atoms with E-state index in [0.29, 0.717) is 26.1 Å². The number of likely N-dealkylation sites (N-methyl/N-ethyl adjacent to an activating group) is 1. The Balaban J connectivity index is 2.53. The van der Waals surface area contributed by atoms with Gasteiger partial charge in [0.15, 0.2) is 0 Å². The molecular weight excluding hydrogens is 222 g/mol. The van der Waals surface area contributed by atoms with Crippen LogP contribution < -0.4 is 5.43 Å². The van der Waals surface area contributed by atoms with Crippen molar-refractivity contribution in [1.29, 1.82) is 0 Å². The van der Waals surface area contributed by atoms with E-state index in [9.17, 15) is 9.59 Å². The Bertz CT molecular complexity index is 324. The fraction of sp³-hybridized carbons (Fsp3) is 0.727. The summed E-state index contributed by atoms with van der Waals surface area (Å²) in [5, 5.41) is 3.85. The van der Waals surface area contributed by atoms with Crippen molar-refractivity contribution in [2.24, 2.45) is 5.10 Å². The molecule has 0 aromatic heterocycles. The first-order valence-corrected chi connectivity index (χ1v) is 5.91. The molecule has 6 nitrogen and oxygen atoms in total. The lowest BCUT2D eigenvalue weighted by Gasteiger charge is -2.21. The number of hydrazone groups is 1. The summed E-state index contributed by atoms with van der Waals surface area (Å²) in [6.07, 6.45) is 0.300. The van der Waals surface area contributed by atoms with Crippen LogP contribution in [0, 0.1) is 0 Å². The zero-order chi connectivity index (χ0) is 12.8. The summed E-state index contributed by atoms with van der Waals surface area (Å²) in [6, 6.07) is -0.436. The Morgan fingerprint density at radius 1 is 1.41 bits per heavy atom.